The van der Waals surface area contributed by atoms with Crippen molar-refractivity contribution in [2.45, 2.75) is 17.9 Å². The predicted octanol–water partition coefficient (Wildman–Crippen LogP) is 0.765. The number of hydrogen-bond donors (Lipinski definition) is 1. The second-order valence-electron chi connectivity index (χ2n) is 11.2. The van der Waals surface area contributed by atoms with Crippen LogP contribution in [-0.2, 0) is 27.8 Å². The number of nitrogens with zero attached hydrogens (tertiary/aromatic N) is 8. The van der Waals surface area contributed by atoms with Crippen molar-refractivity contribution in [2.24, 2.45) is 0 Å². The van der Waals surface area contributed by atoms with E-state index in [1.165, 1.54) is 33.2 Å². The van der Waals surface area contributed by atoms with Gasteiger partial charge in [0.1, 0.15) is 17.4 Å². The first-order valence-electron chi connectivity index (χ1n) is 14.2. The molecular weight excluding hydrogens is 611 g/mol. The summed E-state index contributed by atoms with van der Waals surface area (Å²) in [5.74, 6) is -1.16. The van der Waals surface area contributed by atoms with Crippen molar-refractivity contribution < 1.29 is 22.7 Å². The van der Waals surface area contributed by atoms with Crippen LogP contribution in [0.4, 0.5) is 4.39 Å². The highest BCUT2D eigenvalue weighted by atomic mass is 32.2. The quantitative estimate of drug-likeness (QED) is 0.309. The van der Waals surface area contributed by atoms with Crippen LogP contribution < -0.4 is 5.56 Å². The second kappa shape index (κ2) is 12.0. The number of imidazole rings is 1. The first kappa shape index (κ1) is 30.3. The molecule has 0 spiro atoms. The summed E-state index contributed by atoms with van der Waals surface area (Å²) in [6, 6.07) is 3.72. The molecule has 0 atom stereocenters. The zero-order valence-electron chi connectivity index (χ0n) is 24.4. The first-order chi connectivity index (χ1) is 21.0. The van der Waals surface area contributed by atoms with E-state index in [0.717, 1.165) is 30.5 Å². The highest BCUT2D eigenvalue weighted by Gasteiger charge is 2.30. The van der Waals surface area contributed by atoms with Gasteiger partial charge in [-0.3, -0.25) is 9.59 Å². The lowest BCUT2D eigenvalue weighted by Gasteiger charge is -2.32. The number of rotatable bonds is 7. The fraction of sp³-hybridized carbons (Fsp3) is 0.429. The van der Waals surface area contributed by atoms with Gasteiger partial charge in [-0.15, -0.1) is 11.3 Å². The maximum atomic E-state index is 14.3. The molecule has 0 saturated carbocycles. The summed E-state index contributed by atoms with van der Waals surface area (Å²) in [5, 5.41) is 11.0. The maximum Gasteiger partial charge on any atom is 0.302 e. The summed E-state index contributed by atoms with van der Waals surface area (Å²) in [5.41, 5.74) is -0.334. The summed E-state index contributed by atoms with van der Waals surface area (Å²) < 4.78 is 45.4. The lowest BCUT2D eigenvalue weighted by atomic mass is 10.1. The number of aromatic nitrogens is 4. The largest absolute Gasteiger partial charge is 0.501 e. The minimum Gasteiger partial charge on any atom is -0.501 e. The Labute approximate surface area is 257 Å². The van der Waals surface area contributed by atoms with E-state index in [2.05, 4.69) is 14.9 Å². The molecule has 2 saturated heterocycles. The van der Waals surface area contributed by atoms with Gasteiger partial charge in [0.2, 0.25) is 27.5 Å². The Morgan fingerprint density at radius 3 is 2.41 bits per heavy atom. The van der Waals surface area contributed by atoms with E-state index >= 15 is 0 Å². The fourth-order valence-electron chi connectivity index (χ4n) is 5.41. The number of thiazole rings is 1. The molecule has 6 rings (SSSR count). The molecular formula is C28H33FN8O5S2. The standard InChI is InChI=1S/C28H33FN8O5S2/c1-32-5-9-34(10-6-32)23(38)18-35-11-14-37-27(40)25(39)24(31-28(35)37)26-30-17-21(43-26)15-19-3-4-20(29)16-22(19)44(41,42)36-12-7-33(2)8-13-36/h3-4,11,14,16-17,39H,5-10,12-13,15,18H2,1-2H3. The lowest BCUT2D eigenvalue weighted by molar-refractivity contribution is -0.133. The van der Waals surface area contributed by atoms with Crippen LogP contribution in [0.3, 0.4) is 0 Å². The lowest BCUT2D eigenvalue weighted by Crippen LogP contribution is -2.48. The van der Waals surface area contributed by atoms with Crippen LogP contribution in [-0.4, -0.2) is 124 Å². The van der Waals surface area contributed by atoms with E-state index in [9.17, 15) is 27.5 Å². The van der Waals surface area contributed by atoms with Gasteiger partial charge >= 0.3 is 5.56 Å². The predicted molar refractivity (Wildman–Crippen MR) is 162 cm³/mol. The Morgan fingerprint density at radius 2 is 1.70 bits per heavy atom. The smallest absolute Gasteiger partial charge is 0.302 e. The molecule has 5 heterocycles. The van der Waals surface area contributed by atoms with Gasteiger partial charge in [-0.05, 0) is 31.8 Å². The highest BCUT2D eigenvalue weighted by Crippen LogP contribution is 2.32. The van der Waals surface area contributed by atoms with Crippen molar-refractivity contribution in [2.75, 3.05) is 66.5 Å². The molecule has 2 fully saturated rings. The van der Waals surface area contributed by atoms with E-state index in [1.54, 1.807) is 15.7 Å². The second-order valence-corrected chi connectivity index (χ2v) is 14.2. The van der Waals surface area contributed by atoms with Crippen molar-refractivity contribution >= 4 is 33.0 Å². The SMILES string of the molecule is CN1CCN(C(=O)Cn2ccn3c(=O)c(O)c(-c4ncc(Cc5ccc(F)cc5S(=O)(=O)N5CCN(C)CC5)s4)nc23)CC1. The van der Waals surface area contributed by atoms with Crippen LogP contribution in [0, 0.1) is 5.82 Å². The molecule has 234 valence electrons. The van der Waals surface area contributed by atoms with Crippen LogP contribution in [0.25, 0.3) is 16.5 Å². The fourth-order valence-corrected chi connectivity index (χ4v) is 7.99. The van der Waals surface area contributed by atoms with Crippen LogP contribution >= 0.6 is 11.3 Å². The average molecular weight is 645 g/mol. The number of likely N-dealkylation sites (N-methyl/N-ethyl adjacent to an activating group) is 2. The number of fused-ring (bicyclic) bond motifs is 1. The summed E-state index contributed by atoms with van der Waals surface area (Å²) in [6.45, 7) is 4.55. The molecule has 1 aromatic carbocycles. The number of benzene rings is 1. The van der Waals surface area contributed by atoms with Crippen molar-refractivity contribution in [3.8, 4) is 16.5 Å². The van der Waals surface area contributed by atoms with E-state index in [-0.39, 0.29) is 40.2 Å². The Kier molecular flexibility index (Phi) is 8.27. The number of hydrogen-bond acceptors (Lipinski definition) is 10. The molecule has 0 unspecified atom stereocenters. The number of carbonyl (C=O) groups excluding carboxylic acids is 1. The zero-order chi connectivity index (χ0) is 31.2. The molecule has 1 amide bonds. The third kappa shape index (κ3) is 5.87. The van der Waals surface area contributed by atoms with Crippen molar-refractivity contribution in [3.05, 3.63) is 63.4 Å². The van der Waals surface area contributed by atoms with Crippen LogP contribution in [0.15, 0.2) is 46.5 Å². The maximum absolute atomic E-state index is 14.3. The Bertz CT molecular complexity index is 1870. The number of aromatic hydroxyl groups is 1. The third-order valence-corrected chi connectivity index (χ3v) is 11.1. The number of amides is 1. The van der Waals surface area contributed by atoms with Gasteiger partial charge in [-0.1, -0.05) is 6.07 Å². The van der Waals surface area contributed by atoms with Gasteiger partial charge in [0, 0.05) is 82.2 Å². The molecule has 44 heavy (non-hydrogen) atoms. The van der Waals surface area contributed by atoms with E-state index in [1.807, 2.05) is 19.0 Å². The monoisotopic (exact) mass is 644 g/mol. The van der Waals surface area contributed by atoms with Gasteiger partial charge in [0.15, 0.2) is 5.69 Å². The third-order valence-electron chi connectivity index (χ3n) is 8.12. The minimum atomic E-state index is -3.94. The highest BCUT2D eigenvalue weighted by molar-refractivity contribution is 7.89. The van der Waals surface area contributed by atoms with E-state index in [4.69, 9.17) is 0 Å². The zero-order valence-corrected chi connectivity index (χ0v) is 26.0. The van der Waals surface area contributed by atoms with Crippen molar-refractivity contribution in [3.63, 3.8) is 0 Å². The number of piperazine rings is 2. The molecule has 2 aliphatic rings. The molecule has 13 nitrogen and oxygen atoms in total. The van der Waals surface area contributed by atoms with Crippen molar-refractivity contribution in [1.82, 2.24) is 37.9 Å². The molecule has 3 aromatic heterocycles. The molecule has 2 aliphatic heterocycles. The normalized spacial score (nSPS) is 17.5. The number of halogens is 1. The Balaban J connectivity index is 1.28. The summed E-state index contributed by atoms with van der Waals surface area (Å²) in [4.78, 5) is 41.4. The van der Waals surface area contributed by atoms with Crippen LogP contribution in [0.1, 0.15) is 10.4 Å². The molecule has 16 heteroatoms. The van der Waals surface area contributed by atoms with Crippen molar-refractivity contribution in [1.29, 1.82) is 0 Å². The summed E-state index contributed by atoms with van der Waals surface area (Å²) in [6.07, 6.45) is 4.69. The van der Waals surface area contributed by atoms with E-state index < -0.39 is 27.1 Å². The molecule has 4 aromatic rings. The summed E-state index contributed by atoms with van der Waals surface area (Å²) in [7, 11) is -0.0172. The Morgan fingerprint density at radius 1 is 1.02 bits per heavy atom. The van der Waals surface area contributed by atoms with Gasteiger partial charge in [0.05, 0.1) is 4.90 Å². The molecule has 1 N–H and O–H groups in total. The minimum absolute atomic E-state index is 0.0187. The average Bonchev–Trinajstić information content (AvgIpc) is 3.63. The van der Waals surface area contributed by atoms with Gasteiger partial charge in [0.25, 0.3) is 0 Å². The van der Waals surface area contributed by atoms with Gasteiger partial charge in [-0.25, -0.2) is 27.2 Å². The van der Waals surface area contributed by atoms with Crippen LogP contribution in [0.5, 0.6) is 5.75 Å². The topological polar surface area (TPSA) is 137 Å². The molecule has 0 radical (unpaired) electrons. The van der Waals surface area contributed by atoms with Gasteiger partial charge in [-0.2, -0.15) is 4.31 Å². The number of carbonyl (C=O) groups is 1. The van der Waals surface area contributed by atoms with Gasteiger partial charge < -0.3 is 24.4 Å². The first-order valence-corrected chi connectivity index (χ1v) is 16.5. The molecule has 0 bridgehead atoms. The summed E-state index contributed by atoms with van der Waals surface area (Å²) >= 11 is 1.14. The van der Waals surface area contributed by atoms with E-state index in [0.29, 0.717) is 49.7 Å². The Hall–Kier alpha value is -3.70. The number of sulfonamides is 1. The molecule has 0 aliphatic carbocycles. The van der Waals surface area contributed by atoms with Crippen LogP contribution in [0.2, 0.25) is 0 Å².